The first-order chi connectivity index (χ1) is 9.67. The third-order valence-corrected chi connectivity index (χ3v) is 3.78. The van der Waals surface area contributed by atoms with E-state index in [2.05, 4.69) is 18.3 Å². The van der Waals surface area contributed by atoms with Crippen molar-refractivity contribution in [2.45, 2.75) is 45.8 Å². The van der Waals surface area contributed by atoms with Crippen molar-refractivity contribution in [1.29, 1.82) is 0 Å². The highest BCUT2D eigenvalue weighted by Crippen LogP contribution is 2.35. The van der Waals surface area contributed by atoms with Crippen LogP contribution in [0.15, 0.2) is 12.1 Å². The molecule has 1 aromatic carbocycles. The molecular weight excluding hydrogens is 254 g/mol. The molecule has 1 N–H and O–H groups in total. The number of hydrogen-bond donors (Lipinski definition) is 1. The van der Waals surface area contributed by atoms with Crippen molar-refractivity contribution in [3.63, 3.8) is 0 Å². The molecule has 1 fully saturated rings. The molecule has 0 spiro atoms. The number of amides is 1. The molecule has 0 unspecified atom stereocenters. The fourth-order valence-corrected chi connectivity index (χ4v) is 2.58. The van der Waals surface area contributed by atoms with E-state index in [0.29, 0.717) is 13.2 Å². The fourth-order valence-electron chi connectivity index (χ4n) is 2.58. The lowest BCUT2D eigenvalue weighted by Gasteiger charge is -2.13. The molecule has 0 bridgehead atoms. The van der Waals surface area contributed by atoms with Crippen molar-refractivity contribution < 1.29 is 14.3 Å². The van der Waals surface area contributed by atoms with Gasteiger partial charge in [0, 0.05) is 30.0 Å². The molecule has 20 heavy (non-hydrogen) atoms. The Morgan fingerprint density at radius 3 is 2.95 bits per heavy atom. The van der Waals surface area contributed by atoms with Crippen LogP contribution >= 0.6 is 0 Å². The molecule has 1 aliphatic heterocycles. The van der Waals surface area contributed by atoms with Crippen LogP contribution in [-0.2, 0) is 17.8 Å². The van der Waals surface area contributed by atoms with E-state index in [1.54, 1.807) is 0 Å². The van der Waals surface area contributed by atoms with Crippen LogP contribution in [0.4, 0.5) is 0 Å². The number of fused-ring (bicyclic) bond motifs is 1. The van der Waals surface area contributed by atoms with Crippen molar-refractivity contribution in [2.24, 2.45) is 5.92 Å². The molecule has 1 saturated carbocycles. The topological polar surface area (TPSA) is 47.6 Å². The van der Waals surface area contributed by atoms with E-state index in [1.165, 1.54) is 5.56 Å². The average Bonchev–Trinajstić information content (AvgIpc) is 3.19. The van der Waals surface area contributed by atoms with Gasteiger partial charge in [-0.05, 0) is 38.8 Å². The van der Waals surface area contributed by atoms with Gasteiger partial charge in [0.1, 0.15) is 17.6 Å². The van der Waals surface area contributed by atoms with E-state index >= 15 is 0 Å². The first kappa shape index (κ1) is 13.3. The van der Waals surface area contributed by atoms with E-state index in [1.807, 2.05) is 13.0 Å². The highest BCUT2D eigenvalue weighted by atomic mass is 16.5. The zero-order chi connectivity index (χ0) is 14.1. The van der Waals surface area contributed by atoms with Crippen LogP contribution in [0.2, 0.25) is 0 Å². The average molecular weight is 275 g/mol. The normalized spacial score (nSPS) is 20.2. The zero-order valence-corrected chi connectivity index (χ0v) is 12.1. The summed E-state index contributed by atoms with van der Waals surface area (Å²) in [6.45, 7) is 5.17. The molecule has 4 nitrogen and oxygen atoms in total. The number of carbonyl (C=O) groups excluding carboxylic acids is 1. The third-order valence-electron chi connectivity index (χ3n) is 3.78. The van der Waals surface area contributed by atoms with Gasteiger partial charge in [0.2, 0.25) is 5.91 Å². The highest BCUT2D eigenvalue weighted by Gasteiger charge is 2.29. The summed E-state index contributed by atoms with van der Waals surface area (Å²) in [5.41, 5.74) is 2.19. The van der Waals surface area contributed by atoms with Gasteiger partial charge in [-0.25, -0.2) is 0 Å². The Labute approximate surface area is 119 Å². The molecule has 108 valence electrons. The standard InChI is InChI=1S/C16H21NO3/c1-3-19-14-7-12-6-10(2)20-15(12)8-13(14)9-17-16(18)11-4-5-11/h7-8,10-11H,3-6,9H2,1-2H3,(H,17,18)/t10-/m1/s1. The van der Waals surface area contributed by atoms with Gasteiger partial charge in [-0.3, -0.25) is 4.79 Å². The Hall–Kier alpha value is -1.71. The third kappa shape index (κ3) is 2.74. The molecule has 1 aromatic rings. The van der Waals surface area contributed by atoms with Gasteiger partial charge in [0.25, 0.3) is 0 Å². The van der Waals surface area contributed by atoms with Crippen molar-refractivity contribution in [3.05, 3.63) is 23.3 Å². The van der Waals surface area contributed by atoms with Crippen LogP contribution in [-0.4, -0.2) is 18.6 Å². The molecule has 1 amide bonds. The van der Waals surface area contributed by atoms with Crippen molar-refractivity contribution in [1.82, 2.24) is 5.32 Å². The second kappa shape index (κ2) is 5.35. The Morgan fingerprint density at radius 2 is 2.25 bits per heavy atom. The number of nitrogens with one attached hydrogen (secondary N) is 1. The first-order valence-corrected chi connectivity index (χ1v) is 7.40. The molecule has 0 radical (unpaired) electrons. The van der Waals surface area contributed by atoms with Gasteiger partial charge in [0.05, 0.1) is 6.61 Å². The van der Waals surface area contributed by atoms with Crippen LogP contribution in [0, 0.1) is 5.92 Å². The lowest BCUT2D eigenvalue weighted by molar-refractivity contribution is -0.122. The Bertz CT molecular complexity index is 523. The number of rotatable bonds is 5. The maximum Gasteiger partial charge on any atom is 0.223 e. The molecule has 2 aliphatic rings. The Morgan fingerprint density at radius 1 is 1.45 bits per heavy atom. The lowest BCUT2D eigenvalue weighted by atomic mass is 10.1. The summed E-state index contributed by atoms with van der Waals surface area (Å²) >= 11 is 0. The van der Waals surface area contributed by atoms with E-state index in [9.17, 15) is 4.79 Å². The minimum atomic E-state index is 0.155. The maximum absolute atomic E-state index is 11.8. The number of hydrogen-bond acceptors (Lipinski definition) is 3. The van der Waals surface area contributed by atoms with Gasteiger partial charge in [0.15, 0.2) is 0 Å². The van der Waals surface area contributed by atoms with E-state index < -0.39 is 0 Å². The zero-order valence-electron chi connectivity index (χ0n) is 12.1. The maximum atomic E-state index is 11.8. The van der Waals surface area contributed by atoms with Gasteiger partial charge in [-0.15, -0.1) is 0 Å². The SMILES string of the molecule is CCOc1cc2c(cc1CNC(=O)C1CC1)O[C@H](C)C2. The van der Waals surface area contributed by atoms with Gasteiger partial charge >= 0.3 is 0 Å². The second-order valence-electron chi connectivity index (χ2n) is 5.63. The van der Waals surface area contributed by atoms with Gasteiger partial charge in [-0.2, -0.15) is 0 Å². The smallest absolute Gasteiger partial charge is 0.223 e. The number of carbonyl (C=O) groups is 1. The van der Waals surface area contributed by atoms with E-state index in [4.69, 9.17) is 9.47 Å². The molecule has 0 aromatic heterocycles. The van der Waals surface area contributed by atoms with Crippen molar-refractivity contribution >= 4 is 5.91 Å². The summed E-state index contributed by atoms with van der Waals surface area (Å²) in [5.74, 6) is 2.18. The predicted molar refractivity (Wildman–Crippen MR) is 76.0 cm³/mol. The summed E-state index contributed by atoms with van der Waals surface area (Å²) in [4.78, 5) is 11.8. The highest BCUT2D eigenvalue weighted by molar-refractivity contribution is 5.80. The van der Waals surface area contributed by atoms with Gasteiger partial charge in [-0.1, -0.05) is 0 Å². The largest absolute Gasteiger partial charge is 0.494 e. The molecule has 1 atom stereocenters. The lowest BCUT2D eigenvalue weighted by Crippen LogP contribution is -2.24. The fraction of sp³-hybridized carbons (Fsp3) is 0.562. The molecule has 1 heterocycles. The molecule has 1 aliphatic carbocycles. The van der Waals surface area contributed by atoms with Crippen LogP contribution in [0.25, 0.3) is 0 Å². The van der Waals surface area contributed by atoms with Gasteiger partial charge < -0.3 is 14.8 Å². The monoisotopic (exact) mass is 275 g/mol. The molecule has 0 saturated heterocycles. The summed E-state index contributed by atoms with van der Waals surface area (Å²) in [6, 6.07) is 4.07. The summed E-state index contributed by atoms with van der Waals surface area (Å²) in [6.07, 6.45) is 3.18. The predicted octanol–water partition coefficient (Wildman–Crippen LogP) is 2.43. The molecular formula is C16H21NO3. The Kier molecular flexibility index (Phi) is 3.55. The van der Waals surface area contributed by atoms with Crippen LogP contribution in [0.5, 0.6) is 11.5 Å². The minimum Gasteiger partial charge on any atom is -0.494 e. The van der Waals surface area contributed by atoms with Crippen molar-refractivity contribution in [2.75, 3.05) is 6.61 Å². The Balaban J connectivity index is 1.76. The molecule has 3 rings (SSSR count). The van der Waals surface area contributed by atoms with Crippen LogP contribution < -0.4 is 14.8 Å². The molecule has 4 heteroatoms. The van der Waals surface area contributed by atoms with E-state index in [0.717, 1.165) is 36.3 Å². The van der Waals surface area contributed by atoms with Crippen LogP contribution in [0.1, 0.15) is 37.8 Å². The van der Waals surface area contributed by atoms with E-state index in [-0.39, 0.29) is 17.9 Å². The van der Waals surface area contributed by atoms with Crippen molar-refractivity contribution in [3.8, 4) is 11.5 Å². The first-order valence-electron chi connectivity index (χ1n) is 7.40. The summed E-state index contributed by atoms with van der Waals surface area (Å²) in [7, 11) is 0. The second-order valence-corrected chi connectivity index (χ2v) is 5.63. The minimum absolute atomic E-state index is 0.155. The number of ether oxygens (including phenoxy) is 2. The number of benzene rings is 1. The quantitative estimate of drug-likeness (QED) is 0.898. The summed E-state index contributed by atoms with van der Waals surface area (Å²) < 4.78 is 11.5. The van der Waals surface area contributed by atoms with Crippen LogP contribution in [0.3, 0.4) is 0 Å². The summed E-state index contributed by atoms with van der Waals surface area (Å²) in [5, 5.41) is 2.99.